The zero-order chi connectivity index (χ0) is 21.4. The number of aliphatic imine (C=N–C) groups is 1. The molecule has 1 aromatic heterocycles. The molecule has 1 saturated heterocycles. The lowest BCUT2D eigenvalue weighted by atomic mass is 9.96. The first-order valence-electron chi connectivity index (χ1n) is 11.3. The first kappa shape index (κ1) is 23.0. The molecule has 1 saturated carbocycles. The van der Waals surface area contributed by atoms with Crippen LogP contribution in [-0.4, -0.2) is 67.2 Å². The van der Waals surface area contributed by atoms with E-state index in [4.69, 9.17) is 9.41 Å². The maximum atomic E-state index is 12.8. The topological polar surface area (TPSA) is 44.0 Å². The van der Waals surface area contributed by atoms with E-state index in [0.29, 0.717) is 25.7 Å². The summed E-state index contributed by atoms with van der Waals surface area (Å²) in [5.74, 6) is 2.06. The summed E-state index contributed by atoms with van der Waals surface area (Å²) in [7, 11) is 0. The Morgan fingerprint density at radius 2 is 2.07 bits per heavy atom. The summed E-state index contributed by atoms with van der Waals surface area (Å²) in [6, 6.07) is 4.28. The van der Waals surface area contributed by atoms with Gasteiger partial charge in [-0.05, 0) is 43.9 Å². The summed E-state index contributed by atoms with van der Waals surface area (Å²) in [4.78, 5) is 8.60. The molecule has 1 unspecified atom stereocenters. The van der Waals surface area contributed by atoms with Crippen LogP contribution in [0.4, 0.5) is 13.2 Å². The van der Waals surface area contributed by atoms with E-state index in [2.05, 4.69) is 10.2 Å². The highest BCUT2D eigenvalue weighted by Crippen LogP contribution is 2.23. The maximum absolute atomic E-state index is 12.8. The molecule has 170 valence electrons. The summed E-state index contributed by atoms with van der Waals surface area (Å²) in [5.41, 5.74) is 0. The monoisotopic (exact) mass is 428 g/mol. The smallest absolute Gasteiger partial charge is 0.401 e. The van der Waals surface area contributed by atoms with Gasteiger partial charge in [0.25, 0.3) is 0 Å². The van der Waals surface area contributed by atoms with Gasteiger partial charge in [-0.25, -0.2) is 0 Å². The predicted molar refractivity (Wildman–Crippen MR) is 113 cm³/mol. The number of furan rings is 1. The second kappa shape index (κ2) is 11.1. The molecule has 0 amide bonds. The molecule has 3 rings (SSSR count). The number of rotatable bonds is 8. The number of alkyl halides is 3. The summed E-state index contributed by atoms with van der Waals surface area (Å²) < 4.78 is 43.8. The second-order valence-corrected chi connectivity index (χ2v) is 8.56. The molecule has 1 aromatic rings. The normalized spacial score (nSPS) is 21.6. The summed E-state index contributed by atoms with van der Waals surface area (Å²) in [5, 5.41) is 3.66. The fourth-order valence-corrected chi connectivity index (χ4v) is 4.49. The molecule has 0 bridgehead atoms. The molecule has 1 atom stereocenters. The molecule has 1 N–H and O–H groups in total. The quantitative estimate of drug-likeness (QED) is 0.495. The second-order valence-electron chi connectivity index (χ2n) is 8.56. The van der Waals surface area contributed by atoms with Crippen LogP contribution in [0, 0.1) is 5.92 Å². The molecular weight excluding hydrogens is 393 g/mol. The highest BCUT2D eigenvalue weighted by molar-refractivity contribution is 5.80. The van der Waals surface area contributed by atoms with Crippen molar-refractivity contribution in [3.05, 3.63) is 24.2 Å². The van der Waals surface area contributed by atoms with Crippen LogP contribution >= 0.6 is 0 Å². The minimum atomic E-state index is -4.14. The van der Waals surface area contributed by atoms with Gasteiger partial charge in [0, 0.05) is 38.6 Å². The molecule has 0 spiro atoms. The van der Waals surface area contributed by atoms with E-state index in [1.165, 1.54) is 24.2 Å². The highest BCUT2D eigenvalue weighted by Gasteiger charge is 2.33. The van der Waals surface area contributed by atoms with Crippen molar-refractivity contribution >= 4 is 5.96 Å². The van der Waals surface area contributed by atoms with Gasteiger partial charge in [0.1, 0.15) is 5.76 Å². The van der Waals surface area contributed by atoms with E-state index in [-0.39, 0.29) is 5.92 Å². The Kier molecular flexibility index (Phi) is 8.48. The van der Waals surface area contributed by atoms with E-state index in [1.54, 1.807) is 13.2 Å². The number of guanidine groups is 1. The van der Waals surface area contributed by atoms with Crippen molar-refractivity contribution in [3.8, 4) is 0 Å². The van der Waals surface area contributed by atoms with E-state index in [0.717, 1.165) is 50.5 Å². The van der Waals surface area contributed by atoms with Crippen LogP contribution in [-0.2, 0) is 6.42 Å². The van der Waals surface area contributed by atoms with Crippen molar-refractivity contribution in [2.24, 2.45) is 10.9 Å². The third-order valence-corrected chi connectivity index (χ3v) is 6.09. The van der Waals surface area contributed by atoms with Crippen LogP contribution in [0.15, 0.2) is 27.8 Å². The van der Waals surface area contributed by atoms with Crippen molar-refractivity contribution in [3.63, 3.8) is 0 Å². The van der Waals surface area contributed by atoms with Gasteiger partial charge >= 0.3 is 6.18 Å². The molecule has 0 aromatic carbocycles. The van der Waals surface area contributed by atoms with Crippen LogP contribution in [0.2, 0.25) is 0 Å². The van der Waals surface area contributed by atoms with Crippen molar-refractivity contribution < 1.29 is 17.6 Å². The third kappa shape index (κ3) is 7.52. The van der Waals surface area contributed by atoms with Crippen LogP contribution < -0.4 is 5.32 Å². The van der Waals surface area contributed by atoms with E-state index < -0.39 is 12.7 Å². The molecule has 8 heteroatoms. The first-order valence-corrected chi connectivity index (χ1v) is 11.3. The van der Waals surface area contributed by atoms with Gasteiger partial charge in [0.2, 0.25) is 0 Å². The Bertz CT molecular complexity index is 641. The molecule has 2 fully saturated rings. The van der Waals surface area contributed by atoms with Crippen molar-refractivity contribution in [2.75, 3.05) is 39.3 Å². The summed E-state index contributed by atoms with van der Waals surface area (Å²) >= 11 is 0. The maximum Gasteiger partial charge on any atom is 0.401 e. The lowest BCUT2D eigenvalue weighted by molar-refractivity contribution is -0.146. The Morgan fingerprint density at radius 3 is 2.73 bits per heavy atom. The van der Waals surface area contributed by atoms with Crippen LogP contribution in [0.5, 0.6) is 0 Å². The highest BCUT2D eigenvalue weighted by atomic mass is 19.4. The molecule has 1 aliphatic heterocycles. The zero-order valence-electron chi connectivity index (χ0n) is 18.0. The number of halogens is 3. The molecule has 30 heavy (non-hydrogen) atoms. The number of hydrogen-bond acceptors (Lipinski definition) is 3. The SMILES string of the molecule is CCN(CC1CCN(C(=NCCc2ccco2)NC2CCCCC2)C1)CC(F)(F)F. The Morgan fingerprint density at radius 1 is 1.27 bits per heavy atom. The Labute approximate surface area is 177 Å². The molecular formula is C22H35F3N4O. The van der Waals surface area contributed by atoms with Crippen LogP contribution in [0.3, 0.4) is 0 Å². The fraction of sp³-hybridized carbons (Fsp3) is 0.773. The van der Waals surface area contributed by atoms with Gasteiger partial charge < -0.3 is 14.6 Å². The average Bonchev–Trinajstić information content (AvgIpc) is 3.38. The standard InChI is InChI=1S/C22H35F3N4O/c1-2-28(17-22(23,24)25)15-18-11-13-29(16-18)21(27-19-7-4-3-5-8-19)26-12-10-20-9-6-14-30-20/h6,9,14,18-19H,2-5,7-8,10-13,15-17H2,1H3,(H,26,27). The molecule has 2 aliphatic rings. The average molecular weight is 429 g/mol. The van der Waals surface area contributed by atoms with Crippen molar-refractivity contribution in [2.45, 2.75) is 64.1 Å². The van der Waals surface area contributed by atoms with Crippen LogP contribution in [0.25, 0.3) is 0 Å². The Hall–Kier alpha value is -1.70. The lowest BCUT2D eigenvalue weighted by Gasteiger charge is -2.30. The fourth-order valence-electron chi connectivity index (χ4n) is 4.49. The van der Waals surface area contributed by atoms with Crippen molar-refractivity contribution in [1.82, 2.24) is 15.1 Å². The zero-order valence-corrected chi connectivity index (χ0v) is 18.0. The molecule has 1 aliphatic carbocycles. The van der Waals surface area contributed by atoms with Gasteiger partial charge in [0.05, 0.1) is 12.8 Å². The predicted octanol–water partition coefficient (Wildman–Crippen LogP) is 4.31. The van der Waals surface area contributed by atoms with Crippen molar-refractivity contribution in [1.29, 1.82) is 0 Å². The van der Waals surface area contributed by atoms with Gasteiger partial charge in [-0.2, -0.15) is 13.2 Å². The van der Waals surface area contributed by atoms with Crippen LogP contribution in [0.1, 0.15) is 51.2 Å². The van der Waals surface area contributed by atoms with Gasteiger partial charge in [0.15, 0.2) is 5.96 Å². The number of nitrogens with zero attached hydrogens (tertiary/aromatic N) is 3. The number of nitrogens with one attached hydrogen (secondary N) is 1. The number of likely N-dealkylation sites (tertiary alicyclic amines) is 1. The Balaban J connectivity index is 1.57. The summed E-state index contributed by atoms with van der Waals surface area (Å²) in [6.45, 7) is 4.10. The van der Waals surface area contributed by atoms with Gasteiger partial charge in [-0.15, -0.1) is 0 Å². The summed E-state index contributed by atoms with van der Waals surface area (Å²) in [6.07, 6.45) is 5.26. The van der Waals surface area contributed by atoms with E-state index in [9.17, 15) is 13.2 Å². The first-order chi connectivity index (χ1) is 14.4. The van der Waals surface area contributed by atoms with E-state index in [1.807, 2.05) is 12.1 Å². The van der Waals surface area contributed by atoms with E-state index >= 15 is 0 Å². The molecule has 5 nitrogen and oxygen atoms in total. The third-order valence-electron chi connectivity index (χ3n) is 6.09. The largest absolute Gasteiger partial charge is 0.469 e. The minimum Gasteiger partial charge on any atom is -0.469 e. The molecule has 0 radical (unpaired) electrons. The van der Waals surface area contributed by atoms with Gasteiger partial charge in [-0.3, -0.25) is 9.89 Å². The van der Waals surface area contributed by atoms with Gasteiger partial charge in [-0.1, -0.05) is 26.2 Å². The minimum absolute atomic E-state index is 0.232. The number of hydrogen-bond donors (Lipinski definition) is 1. The molecule has 2 heterocycles. The lowest BCUT2D eigenvalue weighted by Crippen LogP contribution is -2.46.